The minimum absolute atomic E-state index is 0.271. The van der Waals surface area contributed by atoms with Crippen LogP contribution in [0.2, 0.25) is 0 Å². The van der Waals surface area contributed by atoms with Gasteiger partial charge >= 0.3 is 0 Å². The van der Waals surface area contributed by atoms with Crippen molar-refractivity contribution in [2.45, 2.75) is 25.8 Å². The van der Waals surface area contributed by atoms with Crippen LogP contribution in [-0.2, 0) is 17.8 Å². The van der Waals surface area contributed by atoms with Crippen LogP contribution in [0.1, 0.15) is 24.0 Å². The van der Waals surface area contributed by atoms with Crippen LogP contribution in [0.3, 0.4) is 0 Å². The Labute approximate surface area is 96.2 Å². The number of carbonyl (C=O) groups excluding carboxylic acids is 1. The van der Waals surface area contributed by atoms with Gasteiger partial charge in [-0.25, -0.2) is 0 Å². The van der Waals surface area contributed by atoms with Gasteiger partial charge in [0.1, 0.15) is 0 Å². The first-order valence-electron chi connectivity index (χ1n) is 5.82. The Kier molecular flexibility index (Phi) is 3.57. The molecule has 1 aromatic rings. The van der Waals surface area contributed by atoms with E-state index in [0.29, 0.717) is 6.42 Å². The second kappa shape index (κ2) is 5.12. The average Bonchev–Trinajstić information content (AvgIpc) is 2.73. The van der Waals surface area contributed by atoms with Crippen LogP contribution < -0.4 is 5.73 Å². The lowest BCUT2D eigenvalue weighted by Crippen LogP contribution is -2.18. The summed E-state index contributed by atoms with van der Waals surface area (Å²) < 4.78 is 0. The Balaban J connectivity index is 1.93. The summed E-state index contributed by atoms with van der Waals surface area (Å²) in [5.74, 6) is -0.271. The zero-order valence-corrected chi connectivity index (χ0v) is 9.48. The molecule has 3 nitrogen and oxygen atoms in total. The monoisotopic (exact) mass is 218 g/mol. The zero-order chi connectivity index (χ0) is 11.4. The number of likely N-dealkylation sites (tertiary alicyclic amines) is 1. The van der Waals surface area contributed by atoms with Gasteiger partial charge in [0.05, 0.1) is 6.42 Å². The van der Waals surface area contributed by atoms with Crippen molar-refractivity contribution in [1.29, 1.82) is 0 Å². The molecule has 0 aromatic heterocycles. The molecule has 0 radical (unpaired) electrons. The van der Waals surface area contributed by atoms with Crippen molar-refractivity contribution >= 4 is 5.91 Å². The smallest absolute Gasteiger partial charge is 0.221 e. The molecular formula is C13H18N2O. The summed E-state index contributed by atoms with van der Waals surface area (Å²) in [7, 11) is 0. The lowest BCUT2D eigenvalue weighted by Gasteiger charge is -2.14. The van der Waals surface area contributed by atoms with E-state index in [1.165, 1.54) is 31.5 Å². The molecular weight excluding hydrogens is 200 g/mol. The molecule has 1 heterocycles. The van der Waals surface area contributed by atoms with E-state index in [4.69, 9.17) is 5.73 Å². The molecule has 2 N–H and O–H groups in total. The number of nitrogens with two attached hydrogens (primary N) is 1. The second-order valence-electron chi connectivity index (χ2n) is 4.44. The normalized spacial score (nSPS) is 16.5. The molecule has 0 saturated carbocycles. The van der Waals surface area contributed by atoms with Crippen molar-refractivity contribution in [2.75, 3.05) is 13.1 Å². The fourth-order valence-corrected chi connectivity index (χ4v) is 2.16. The summed E-state index contributed by atoms with van der Waals surface area (Å²) in [6.07, 6.45) is 2.98. The molecule has 1 amide bonds. The van der Waals surface area contributed by atoms with E-state index in [9.17, 15) is 4.79 Å². The van der Waals surface area contributed by atoms with E-state index in [1.54, 1.807) is 0 Å². The molecule has 0 bridgehead atoms. The minimum atomic E-state index is -0.271. The quantitative estimate of drug-likeness (QED) is 0.828. The largest absolute Gasteiger partial charge is 0.369 e. The number of primary amides is 1. The van der Waals surface area contributed by atoms with Gasteiger partial charge in [-0.05, 0) is 37.1 Å². The zero-order valence-electron chi connectivity index (χ0n) is 9.48. The second-order valence-corrected chi connectivity index (χ2v) is 4.44. The Hall–Kier alpha value is -1.35. The van der Waals surface area contributed by atoms with Gasteiger partial charge in [0.2, 0.25) is 5.91 Å². The van der Waals surface area contributed by atoms with E-state index in [2.05, 4.69) is 17.0 Å². The Morgan fingerprint density at radius 1 is 1.12 bits per heavy atom. The summed E-state index contributed by atoms with van der Waals surface area (Å²) in [5.41, 5.74) is 7.46. The molecule has 0 spiro atoms. The summed E-state index contributed by atoms with van der Waals surface area (Å²) >= 11 is 0. The summed E-state index contributed by atoms with van der Waals surface area (Å²) in [6.45, 7) is 3.45. The first kappa shape index (κ1) is 11.1. The van der Waals surface area contributed by atoms with Crippen LogP contribution in [0.25, 0.3) is 0 Å². The number of hydrogen-bond acceptors (Lipinski definition) is 2. The van der Waals surface area contributed by atoms with Crippen molar-refractivity contribution in [2.24, 2.45) is 5.73 Å². The van der Waals surface area contributed by atoms with Crippen LogP contribution in [-0.4, -0.2) is 23.9 Å². The van der Waals surface area contributed by atoms with Crippen molar-refractivity contribution < 1.29 is 4.79 Å². The van der Waals surface area contributed by atoms with Crippen LogP contribution in [0.15, 0.2) is 24.3 Å². The predicted octanol–water partition coefficient (Wildman–Crippen LogP) is 1.31. The van der Waals surface area contributed by atoms with Crippen LogP contribution >= 0.6 is 0 Å². The number of amides is 1. The lowest BCUT2D eigenvalue weighted by atomic mass is 10.1. The van der Waals surface area contributed by atoms with Gasteiger partial charge in [-0.2, -0.15) is 0 Å². The molecule has 86 valence electrons. The molecule has 0 unspecified atom stereocenters. The van der Waals surface area contributed by atoms with Gasteiger partial charge < -0.3 is 5.73 Å². The number of benzene rings is 1. The number of carbonyl (C=O) groups is 1. The molecule has 0 atom stereocenters. The Bertz CT molecular complexity index is 353. The molecule has 2 rings (SSSR count). The third-order valence-corrected chi connectivity index (χ3v) is 3.01. The topological polar surface area (TPSA) is 46.3 Å². The minimum Gasteiger partial charge on any atom is -0.369 e. The highest BCUT2D eigenvalue weighted by molar-refractivity contribution is 5.76. The molecule has 1 aliphatic rings. The first-order valence-corrected chi connectivity index (χ1v) is 5.82. The first-order chi connectivity index (χ1) is 7.74. The van der Waals surface area contributed by atoms with Crippen molar-refractivity contribution in [1.82, 2.24) is 4.90 Å². The number of rotatable bonds is 4. The summed E-state index contributed by atoms with van der Waals surface area (Å²) in [5, 5.41) is 0. The van der Waals surface area contributed by atoms with E-state index in [-0.39, 0.29) is 5.91 Å². The SMILES string of the molecule is NC(=O)Cc1ccc(CN2CCCC2)cc1. The molecule has 0 aliphatic carbocycles. The third-order valence-electron chi connectivity index (χ3n) is 3.01. The molecule has 1 fully saturated rings. The Morgan fingerprint density at radius 2 is 1.69 bits per heavy atom. The highest BCUT2D eigenvalue weighted by Gasteiger charge is 2.11. The number of hydrogen-bond donors (Lipinski definition) is 1. The van der Waals surface area contributed by atoms with E-state index < -0.39 is 0 Å². The fraction of sp³-hybridized carbons (Fsp3) is 0.462. The average molecular weight is 218 g/mol. The molecule has 1 saturated heterocycles. The fourth-order valence-electron chi connectivity index (χ4n) is 2.16. The Morgan fingerprint density at radius 3 is 2.25 bits per heavy atom. The standard InChI is InChI=1S/C13H18N2O/c14-13(16)9-11-3-5-12(6-4-11)10-15-7-1-2-8-15/h3-6H,1-2,7-10H2,(H2,14,16). The van der Waals surface area contributed by atoms with Gasteiger partial charge in [0, 0.05) is 6.54 Å². The van der Waals surface area contributed by atoms with E-state index in [1.807, 2.05) is 12.1 Å². The van der Waals surface area contributed by atoms with Gasteiger partial charge in [0.15, 0.2) is 0 Å². The van der Waals surface area contributed by atoms with Gasteiger partial charge in [0.25, 0.3) is 0 Å². The highest BCUT2D eigenvalue weighted by atomic mass is 16.1. The van der Waals surface area contributed by atoms with Crippen molar-refractivity contribution in [3.05, 3.63) is 35.4 Å². The summed E-state index contributed by atoms with van der Waals surface area (Å²) in [6, 6.07) is 8.18. The third kappa shape index (κ3) is 3.07. The molecule has 1 aliphatic heterocycles. The van der Waals surface area contributed by atoms with Gasteiger partial charge in [-0.15, -0.1) is 0 Å². The highest BCUT2D eigenvalue weighted by Crippen LogP contribution is 2.13. The van der Waals surface area contributed by atoms with Gasteiger partial charge in [-0.3, -0.25) is 9.69 Å². The van der Waals surface area contributed by atoms with Crippen LogP contribution in [0.4, 0.5) is 0 Å². The van der Waals surface area contributed by atoms with Gasteiger partial charge in [-0.1, -0.05) is 24.3 Å². The molecule has 1 aromatic carbocycles. The van der Waals surface area contributed by atoms with E-state index >= 15 is 0 Å². The molecule has 16 heavy (non-hydrogen) atoms. The van der Waals surface area contributed by atoms with Crippen LogP contribution in [0, 0.1) is 0 Å². The number of nitrogens with zero attached hydrogens (tertiary/aromatic N) is 1. The van der Waals surface area contributed by atoms with Crippen molar-refractivity contribution in [3.63, 3.8) is 0 Å². The predicted molar refractivity (Wildman–Crippen MR) is 63.9 cm³/mol. The van der Waals surface area contributed by atoms with E-state index in [0.717, 1.165) is 12.1 Å². The van der Waals surface area contributed by atoms with Crippen molar-refractivity contribution in [3.8, 4) is 0 Å². The molecule has 3 heteroatoms. The maximum absolute atomic E-state index is 10.7. The lowest BCUT2D eigenvalue weighted by molar-refractivity contribution is -0.117. The maximum atomic E-state index is 10.7. The summed E-state index contributed by atoms with van der Waals surface area (Å²) in [4.78, 5) is 13.2. The van der Waals surface area contributed by atoms with Crippen LogP contribution in [0.5, 0.6) is 0 Å². The maximum Gasteiger partial charge on any atom is 0.221 e.